The Morgan fingerprint density at radius 2 is 0.533 bits per heavy atom. The van der Waals surface area contributed by atoms with Crippen molar-refractivity contribution in [2.75, 3.05) is 39.6 Å². The van der Waals surface area contributed by atoms with E-state index < -0.39 is 97.5 Å². The molecule has 0 amide bonds. The van der Waals surface area contributed by atoms with Crippen molar-refractivity contribution in [3.8, 4) is 0 Å². The molecule has 90 heavy (non-hydrogen) atoms. The molecule has 0 bridgehead atoms. The van der Waals surface area contributed by atoms with Gasteiger partial charge < -0.3 is 33.8 Å². The molecule has 6 atom stereocenters. The Morgan fingerprint density at radius 1 is 0.311 bits per heavy atom. The summed E-state index contributed by atoms with van der Waals surface area (Å²) in [5, 5.41) is 10.6. The minimum atomic E-state index is -4.95. The fourth-order valence-corrected chi connectivity index (χ4v) is 12.2. The van der Waals surface area contributed by atoms with Gasteiger partial charge in [0.1, 0.15) is 19.3 Å². The number of aliphatic hydroxyl groups is 1. The van der Waals surface area contributed by atoms with Crippen LogP contribution >= 0.6 is 15.6 Å². The van der Waals surface area contributed by atoms with Gasteiger partial charge in [0.15, 0.2) is 12.2 Å². The molecule has 0 saturated heterocycles. The maximum atomic E-state index is 13.0. The molecule has 0 aromatic carbocycles. The van der Waals surface area contributed by atoms with Gasteiger partial charge >= 0.3 is 39.5 Å². The Hall–Kier alpha value is -1.94. The Labute approximate surface area is 549 Å². The molecular formula is C71H138O17P2. The van der Waals surface area contributed by atoms with E-state index in [0.29, 0.717) is 25.7 Å². The molecule has 0 saturated carbocycles. The number of hydrogen-bond donors (Lipinski definition) is 3. The van der Waals surface area contributed by atoms with Crippen molar-refractivity contribution in [1.82, 2.24) is 0 Å². The first-order valence-electron chi connectivity index (χ1n) is 36.7. The average molecular weight is 1330 g/mol. The second-order valence-electron chi connectivity index (χ2n) is 27.3. The summed E-state index contributed by atoms with van der Waals surface area (Å²) in [5.74, 6) is 0.870. The molecule has 3 N–H and O–H groups in total. The van der Waals surface area contributed by atoms with E-state index in [1.807, 2.05) is 0 Å². The summed E-state index contributed by atoms with van der Waals surface area (Å²) in [6.45, 7) is 14.1. The molecule has 17 nitrogen and oxygen atoms in total. The summed E-state index contributed by atoms with van der Waals surface area (Å²) >= 11 is 0. The molecular weight excluding hydrogens is 1190 g/mol. The fraction of sp³-hybridized carbons (Fsp3) is 0.944. The highest BCUT2D eigenvalue weighted by Crippen LogP contribution is 2.45. The third-order valence-corrected chi connectivity index (χ3v) is 18.6. The number of esters is 4. The van der Waals surface area contributed by atoms with Crippen molar-refractivity contribution >= 4 is 39.5 Å². The highest BCUT2D eigenvalue weighted by Gasteiger charge is 2.30. The lowest BCUT2D eigenvalue weighted by Crippen LogP contribution is -2.30. The number of ether oxygens (including phenoxy) is 4. The highest BCUT2D eigenvalue weighted by molar-refractivity contribution is 7.47. The van der Waals surface area contributed by atoms with E-state index in [9.17, 15) is 43.2 Å². The van der Waals surface area contributed by atoms with Crippen LogP contribution in [0.3, 0.4) is 0 Å². The van der Waals surface area contributed by atoms with E-state index in [-0.39, 0.29) is 25.7 Å². The van der Waals surface area contributed by atoms with Crippen molar-refractivity contribution in [3.05, 3.63) is 0 Å². The predicted octanol–water partition coefficient (Wildman–Crippen LogP) is 20.1. The van der Waals surface area contributed by atoms with Gasteiger partial charge in [-0.15, -0.1) is 0 Å². The molecule has 0 aromatic heterocycles. The minimum absolute atomic E-state index is 0.105. The van der Waals surface area contributed by atoms with Crippen LogP contribution in [0.1, 0.15) is 351 Å². The molecule has 3 unspecified atom stereocenters. The first-order chi connectivity index (χ1) is 43.1. The SMILES string of the molecule is CCC(C)CCCCCCCCC(=O)OC[C@H](COP(=O)(O)OC[C@H](O)COP(=O)(O)OC[C@@H](COC(=O)CCCCCCCCCCC(C)C)OC(=O)CCCCCCCCCCCCCC(C)C)OC(=O)CCCCCCCCCCCCCCC(C)C. The van der Waals surface area contributed by atoms with E-state index in [2.05, 4.69) is 55.4 Å². The highest BCUT2D eigenvalue weighted by atomic mass is 31.2. The van der Waals surface area contributed by atoms with Crippen LogP contribution in [0.15, 0.2) is 0 Å². The normalized spacial score (nSPS) is 14.6. The minimum Gasteiger partial charge on any atom is -0.462 e. The Balaban J connectivity index is 5.26. The number of carbonyl (C=O) groups excluding carboxylic acids is 4. The molecule has 19 heteroatoms. The third-order valence-electron chi connectivity index (χ3n) is 16.7. The summed E-state index contributed by atoms with van der Waals surface area (Å²) in [7, 11) is -9.90. The number of carbonyl (C=O) groups is 4. The monoisotopic (exact) mass is 1320 g/mol. The molecule has 0 aliphatic carbocycles. The Kier molecular flexibility index (Phi) is 59.4. The standard InChI is InChI=1S/C71H138O17P2/c1-9-64(8)50-42-34-29-30-36-44-52-69(74)82-58-67(88-70(75)53-45-37-27-19-15-11-10-13-17-23-31-39-47-61(2)3)60-86-90(79,80)84-56-65(72)55-83-89(77,78)85-59-66(57-81-68(73)51-43-35-26-22-21-25-33-41-49-63(6)7)87-71(76)54-46-38-28-20-16-12-14-18-24-32-40-48-62(4)5/h61-67,72H,9-60H2,1-8H3,(H,77,78)(H,79,80)/t64?,65-,66-,67-/m1/s1. The number of hydrogen-bond acceptors (Lipinski definition) is 15. The number of unbranched alkanes of at least 4 members (excludes halogenated alkanes) is 33. The summed E-state index contributed by atoms with van der Waals surface area (Å²) in [5.41, 5.74) is 0. The molecule has 0 rings (SSSR count). The summed E-state index contributed by atoms with van der Waals surface area (Å²) in [6.07, 6.45) is 43.1. The number of phosphoric ester groups is 2. The topological polar surface area (TPSA) is 237 Å². The predicted molar refractivity (Wildman–Crippen MR) is 363 cm³/mol. The summed E-state index contributed by atoms with van der Waals surface area (Å²) in [4.78, 5) is 72.6. The second kappa shape index (κ2) is 60.7. The van der Waals surface area contributed by atoms with Crippen LogP contribution in [0.2, 0.25) is 0 Å². The van der Waals surface area contributed by atoms with Crippen molar-refractivity contribution in [2.45, 2.75) is 369 Å². The van der Waals surface area contributed by atoms with Gasteiger partial charge in [-0.25, -0.2) is 9.13 Å². The quantitative estimate of drug-likeness (QED) is 0.0222. The van der Waals surface area contributed by atoms with Crippen molar-refractivity contribution in [3.63, 3.8) is 0 Å². The van der Waals surface area contributed by atoms with E-state index in [4.69, 9.17) is 37.0 Å². The van der Waals surface area contributed by atoms with Gasteiger partial charge in [-0.1, -0.05) is 299 Å². The van der Waals surface area contributed by atoms with Crippen LogP contribution in [0.25, 0.3) is 0 Å². The zero-order valence-electron chi connectivity index (χ0n) is 58.8. The zero-order valence-corrected chi connectivity index (χ0v) is 60.6. The van der Waals surface area contributed by atoms with Gasteiger partial charge in [-0.2, -0.15) is 0 Å². The summed E-state index contributed by atoms with van der Waals surface area (Å²) < 4.78 is 68.3. The zero-order chi connectivity index (χ0) is 66.8. The molecule has 0 aliphatic heterocycles. The maximum Gasteiger partial charge on any atom is 0.472 e. The summed E-state index contributed by atoms with van der Waals surface area (Å²) in [6, 6.07) is 0. The van der Waals surface area contributed by atoms with Crippen LogP contribution in [0.5, 0.6) is 0 Å². The number of aliphatic hydroxyl groups excluding tert-OH is 1. The van der Waals surface area contributed by atoms with E-state index in [1.54, 1.807) is 0 Å². The molecule has 0 radical (unpaired) electrons. The van der Waals surface area contributed by atoms with Crippen LogP contribution in [0.4, 0.5) is 0 Å². The molecule has 0 fully saturated rings. The van der Waals surface area contributed by atoms with Crippen LogP contribution in [0, 0.1) is 23.7 Å². The lowest BCUT2D eigenvalue weighted by molar-refractivity contribution is -0.161. The largest absolute Gasteiger partial charge is 0.472 e. The number of rotatable bonds is 68. The lowest BCUT2D eigenvalue weighted by atomic mass is 10.00. The van der Waals surface area contributed by atoms with Crippen molar-refractivity contribution in [2.24, 2.45) is 23.7 Å². The van der Waals surface area contributed by atoms with E-state index in [0.717, 1.165) is 120 Å². The molecule has 0 heterocycles. The first-order valence-corrected chi connectivity index (χ1v) is 39.7. The van der Waals surface area contributed by atoms with Gasteiger partial charge in [0.25, 0.3) is 0 Å². The Morgan fingerprint density at radius 3 is 0.789 bits per heavy atom. The van der Waals surface area contributed by atoms with E-state index in [1.165, 1.54) is 148 Å². The van der Waals surface area contributed by atoms with Crippen molar-refractivity contribution in [1.29, 1.82) is 0 Å². The maximum absolute atomic E-state index is 13.0. The van der Waals surface area contributed by atoms with E-state index >= 15 is 0 Å². The van der Waals surface area contributed by atoms with Gasteiger partial charge in [0, 0.05) is 25.7 Å². The average Bonchev–Trinajstić information content (AvgIpc) is 3.21. The van der Waals surface area contributed by atoms with Gasteiger partial charge in [-0.3, -0.25) is 37.3 Å². The molecule has 0 aromatic rings. The van der Waals surface area contributed by atoms with Gasteiger partial charge in [0.05, 0.1) is 26.4 Å². The third kappa shape index (κ3) is 63.5. The number of phosphoric acid groups is 2. The van der Waals surface area contributed by atoms with Crippen LogP contribution < -0.4 is 0 Å². The second-order valence-corrected chi connectivity index (χ2v) is 30.2. The molecule has 534 valence electrons. The Bertz CT molecular complexity index is 1780. The van der Waals surface area contributed by atoms with Gasteiger partial charge in [0.2, 0.25) is 0 Å². The molecule has 0 aliphatic rings. The van der Waals surface area contributed by atoms with Crippen LogP contribution in [-0.4, -0.2) is 96.7 Å². The lowest BCUT2D eigenvalue weighted by Gasteiger charge is -2.21. The van der Waals surface area contributed by atoms with Gasteiger partial charge in [-0.05, 0) is 49.4 Å². The van der Waals surface area contributed by atoms with Crippen LogP contribution in [-0.2, 0) is 65.4 Å². The smallest absolute Gasteiger partial charge is 0.462 e. The van der Waals surface area contributed by atoms with Crippen molar-refractivity contribution < 1.29 is 80.2 Å². The first kappa shape index (κ1) is 88.1. The molecule has 0 spiro atoms. The fourth-order valence-electron chi connectivity index (χ4n) is 10.6.